The lowest BCUT2D eigenvalue weighted by Crippen LogP contribution is -2.28. The summed E-state index contributed by atoms with van der Waals surface area (Å²) < 4.78 is 24.1. The molecule has 0 saturated carbocycles. The van der Waals surface area contributed by atoms with Crippen LogP contribution in [0.25, 0.3) is 0 Å². The van der Waals surface area contributed by atoms with Crippen molar-refractivity contribution in [1.29, 1.82) is 5.26 Å². The lowest BCUT2D eigenvalue weighted by molar-refractivity contribution is -0.385. The number of nitrogens with zero attached hydrogens (tertiary/aromatic N) is 4. The van der Waals surface area contributed by atoms with E-state index < -0.39 is 14.9 Å². The van der Waals surface area contributed by atoms with Crippen LogP contribution in [0.1, 0.15) is 5.69 Å². The molecule has 0 amide bonds. The highest BCUT2D eigenvalue weighted by Gasteiger charge is 2.16. The minimum Gasteiger partial charge on any atom is -0.369 e. The van der Waals surface area contributed by atoms with Gasteiger partial charge < -0.3 is 5.32 Å². The predicted molar refractivity (Wildman–Crippen MR) is 71.6 cm³/mol. The zero-order chi connectivity index (χ0) is 15.3. The summed E-state index contributed by atoms with van der Waals surface area (Å²) in [6.45, 7) is 0.0796. The minimum atomic E-state index is -3.34. The molecule has 0 aliphatic carbocycles. The standard InChI is InChI=1S/C10H13N5O4S/c1-14(2)20(18,19)6-5-12-10-4-3-9(15(16)17)8(7-11)13-10/h3-4H,5-6H2,1-2H3,(H,12,13). The molecule has 0 fully saturated rings. The molecule has 0 aliphatic heterocycles. The Morgan fingerprint density at radius 1 is 1.50 bits per heavy atom. The third kappa shape index (κ3) is 3.87. The van der Waals surface area contributed by atoms with Crippen LogP contribution in [0.5, 0.6) is 0 Å². The number of nitro groups is 1. The third-order valence-electron chi connectivity index (χ3n) is 2.40. The maximum Gasteiger partial charge on any atom is 0.305 e. The second-order valence-corrected chi connectivity index (χ2v) is 6.26. The topological polar surface area (TPSA) is 129 Å². The Morgan fingerprint density at radius 3 is 2.65 bits per heavy atom. The smallest absolute Gasteiger partial charge is 0.305 e. The van der Waals surface area contributed by atoms with Crippen molar-refractivity contribution in [3.8, 4) is 6.07 Å². The van der Waals surface area contributed by atoms with Gasteiger partial charge in [-0.25, -0.2) is 17.7 Å². The predicted octanol–water partition coefficient (Wildman–Crippen LogP) is 0.165. The summed E-state index contributed by atoms with van der Waals surface area (Å²) in [5, 5.41) is 22.1. The maximum atomic E-state index is 11.5. The van der Waals surface area contributed by atoms with Crippen molar-refractivity contribution in [3.05, 3.63) is 27.9 Å². The summed E-state index contributed by atoms with van der Waals surface area (Å²) in [5.74, 6) is 0.0571. The number of nitrogens with one attached hydrogen (secondary N) is 1. The summed E-state index contributed by atoms with van der Waals surface area (Å²) in [6.07, 6.45) is 0. The van der Waals surface area contributed by atoms with E-state index in [4.69, 9.17) is 5.26 Å². The van der Waals surface area contributed by atoms with Gasteiger partial charge in [-0.15, -0.1) is 0 Å². The Kier molecular flexibility index (Phi) is 4.95. The number of anilines is 1. The van der Waals surface area contributed by atoms with E-state index in [9.17, 15) is 18.5 Å². The minimum absolute atomic E-state index is 0.0796. The van der Waals surface area contributed by atoms with E-state index in [1.807, 2.05) is 0 Å². The fourth-order valence-electron chi connectivity index (χ4n) is 1.27. The Labute approximate surface area is 116 Å². The summed E-state index contributed by atoms with van der Waals surface area (Å²) in [4.78, 5) is 13.7. The molecule has 1 heterocycles. The molecule has 0 aliphatic rings. The van der Waals surface area contributed by atoms with Crippen molar-refractivity contribution in [2.24, 2.45) is 0 Å². The van der Waals surface area contributed by atoms with Crippen molar-refractivity contribution in [2.45, 2.75) is 0 Å². The molecule has 0 atom stereocenters. The van der Waals surface area contributed by atoms with Gasteiger partial charge in [-0.2, -0.15) is 5.26 Å². The Balaban J connectivity index is 2.76. The monoisotopic (exact) mass is 299 g/mol. The van der Waals surface area contributed by atoms with Gasteiger partial charge in [-0.05, 0) is 6.07 Å². The van der Waals surface area contributed by atoms with E-state index in [1.165, 1.54) is 20.2 Å². The molecule has 1 N–H and O–H groups in total. The normalized spacial score (nSPS) is 11.1. The van der Waals surface area contributed by atoms with Crippen LogP contribution in [-0.4, -0.2) is 49.0 Å². The zero-order valence-corrected chi connectivity index (χ0v) is 11.7. The van der Waals surface area contributed by atoms with Crippen LogP contribution < -0.4 is 5.32 Å². The molecule has 20 heavy (non-hydrogen) atoms. The molecule has 0 saturated heterocycles. The second-order valence-electron chi connectivity index (χ2n) is 3.96. The maximum absolute atomic E-state index is 11.5. The fraction of sp³-hybridized carbons (Fsp3) is 0.400. The van der Waals surface area contributed by atoms with Gasteiger partial charge in [0.25, 0.3) is 0 Å². The molecule has 0 radical (unpaired) electrons. The van der Waals surface area contributed by atoms with Crippen molar-refractivity contribution < 1.29 is 13.3 Å². The molecule has 1 aromatic heterocycles. The lowest BCUT2D eigenvalue weighted by Gasteiger charge is -2.11. The Bertz CT molecular complexity index is 650. The molecule has 0 spiro atoms. The third-order valence-corrected chi connectivity index (χ3v) is 4.23. The van der Waals surface area contributed by atoms with Crippen molar-refractivity contribution in [2.75, 3.05) is 31.7 Å². The van der Waals surface area contributed by atoms with Crippen molar-refractivity contribution >= 4 is 21.5 Å². The first-order chi connectivity index (χ1) is 9.27. The number of pyridine rings is 1. The average molecular weight is 299 g/mol. The summed E-state index contributed by atoms with van der Waals surface area (Å²) in [7, 11) is -0.488. The highest BCUT2D eigenvalue weighted by Crippen LogP contribution is 2.17. The molecule has 10 heteroatoms. The molecule has 0 aromatic carbocycles. The summed E-state index contributed by atoms with van der Waals surface area (Å²) in [6, 6.07) is 4.09. The van der Waals surface area contributed by atoms with E-state index >= 15 is 0 Å². The number of hydrogen-bond acceptors (Lipinski definition) is 7. The van der Waals surface area contributed by atoms with E-state index in [0.717, 1.165) is 10.4 Å². The van der Waals surface area contributed by atoms with Crippen LogP contribution in [0.15, 0.2) is 12.1 Å². The zero-order valence-electron chi connectivity index (χ0n) is 10.9. The van der Waals surface area contributed by atoms with Gasteiger partial charge in [0.05, 0.1) is 10.7 Å². The molecule has 0 bridgehead atoms. The molecule has 0 unspecified atom stereocenters. The van der Waals surface area contributed by atoms with Crippen LogP contribution >= 0.6 is 0 Å². The van der Waals surface area contributed by atoms with Gasteiger partial charge in [-0.3, -0.25) is 10.1 Å². The quantitative estimate of drug-likeness (QED) is 0.585. The molecule has 108 valence electrons. The largest absolute Gasteiger partial charge is 0.369 e. The Hall–Kier alpha value is -2.25. The van der Waals surface area contributed by atoms with Gasteiger partial charge in [-0.1, -0.05) is 0 Å². The molecule has 9 nitrogen and oxygen atoms in total. The summed E-state index contributed by atoms with van der Waals surface area (Å²) >= 11 is 0. The van der Waals surface area contributed by atoms with Crippen LogP contribution in [0, 0.1) is 21.4 Å². The van der Waals surface area contributed by atoms with Crippen LogP contribution in [0.4, 0.5) is 11.5 Å². The van der Waals surface area contributed by atoms with E-state index in [-0.39, 0.29) is 29.5 Å². The second kappa shape index (κ2) is 6.27. The number of hydrogen-bond donors (Lipinski definition) is 1. The number of sulfonamides is 1. The fourth-order valence-corrected chi connectivity index (χ4v) is 2.00. The van der Waals surface area contributed by atoms with Gasteiger partial charge >= 0.3 is 5.69 Å². The van der Waals surface area contributed by atoms with Gasteiger partial charge in [0, 0.05) is 26.7 Å². The van der Waals surface area contributed by atoms with Gasteiger partial charge in [0.2, 0.25) is 15.7 Å². The van der Waals surface area contributed by atoms with Crippen molar-refractivity contribution in [1.82, 2.24) is 9.29 Å². The molecule has 1 aromatic rings. The van der Waals surface area contributed by atoms with E-state index in [0.29, 0.717) is 0 Å². The Morgan fingerprint density at radius 2 is 2.15 bits per heavy atom. The molecular weight excluding hydrogens is 286 g/mol. The number of rotatable bonds is 6. The van der Waals surface area contributed by atoms with Gasteiger partial charge in [0.15, 0.2) is 0 Å². The van der Waals surface area contributed by atoms with E-state index in [2.05, 4.69) is 10.3 Å². The highest BCUT2D eigenvalue weighted by molar-refractivity contribution is 7.89. The first kappa shape index (κ1) is 15.8. The SMILES string of the molecule is CN(C)S(=O)(=O)CCNc1ccc([N+](=O)[O-])c(C#N)n1. The highest BCUT2D eigenvalue weighted by atomic mass is 32.2. The summed E-state index contributed by atoms with van der Waals surface area (Å²) in [5.41, 5.74) is -0.713. The first-order valence-electron chi connectivity index (χ1n) is 5.47. The van der Waals surface area contributed by atoms with Crippen LogP contribution in [0.3, 0.4) is 0 Å². The van der Waals surface area contributed by atoms with E-state index in [1.54, 1.807) is 6.07 Å². The first-order valence-corrected chi connectivity index (χ1v) is 7.08. The average Bonchev–Trinajstić information content (AvgIpc) is 2.37. The number of aromatic nitrogens is 1. The lowest BCUT2D eigenvalue weighted by atomic mass is 10.3. The molecular formula is C10H13N5O4S. The number of nitriles is 1. The van der Waals surface area contributed by atoms with Crippen LogP contribution in [-0.2, 0) is 10.0 Å². The van der Waals surface area contributed by atoms with Crippen molar-refractivity contribution in [3.63, 3.8) is 0 Å². The molecule has 1 rings (SSSR count). The van der Waals surface area contributed by atoms with Crippen LogP contribution in [0.2, 0.25) is 0 Å². The van der Waals surface area contributed by atoms with Gasteiger partial charge in [0.1, 0.15) is 11.9 Å².